The Morgan fingerprint density at radius 3 is 2.50 bits per heavy atom. The van der Waals surface area contributed by atoms with E-state index in [1.165, 1.54) is 11.1 Å². The molecule has 0 aromatic heterocycles. The van der Waals surface area contributed by atoms with E-state index < -0.39 is 0 Å². The van der Waals surface area contributed by atoms with E-state index in [0.29, 0.717) is 5.91 Å². The zero-order chi connectivity index (χ0) is 11.4. The molecular weight excluding hydrogens is 200 g/mol. The van der Waals surface area contributed by atoms with Gasteiger partial charge in [0, 0.05) is 26.1 Å². The monoisotopic (exact) mass is 218 g/mol. The third-order valence-electron chi connectivity index (χ3n) is 2.95. The first kappa shape index (κ1) is 11.1. The second-order valence-electron chi connectivity index (χ2n) is 4.27. The molecule has 0 spiro atoms. The molecule has 0 radical (unpaired) electrons. The number of carbonyl (C=O) groups excluding carboxylic acids is 1. The quantitative estimate of drug-likeness (QED) is 0.831. The van der Waals surface area contributed by atoms with Gasteiger partial charge in [-0.1, -0.05) is 24.3 Å². The van der Waals surface area contributed by atoms with Crippen LogP contribution in [0.25, 0.3) is 0 Å². The molecule has 1 aromatic rings. The van der Waals surface area contributed by atoms with Gasteiger partial charge >= 0.3 is 0 Å². The molecule has 2 rings (SSSR count). The van der Waals surface area contributed by atoms with Crippen LogP contribution in [-0.2, 0) is 17.9 Å². The maximum atomic E-state index is 11.5. The molecule has 86 valence electrons. The number of amides is 1. The smallest absolute Gasteiger partial charge is 0.222 e. The van der Waals surface area contributed by atoms with E-state index in [-0.39, 0.29) is 0 Å². The molecule has 1 amide bonds. The molecule has 1 aliphatic rings. The normalized spacial score (nSPS) is 15.8. The van der Waals surface area contributed by atoms with Crippen molar-refractivity contribution in [3.63, 3.8) is 0 Å². The number of nitrogens with zero attached hydrogens (tertiary/aromatic N) is 1. The zero-order valence-electron chi connectivity index (χ0n) is 9.70. The average molecular weight is 218 g/mol. The predicted octanol–water partition coefficient (Wildman–Crippen LogP) is 1.53. The van der Waals surface area contributed by atoms with Crippen LogP contribution in [0.5, 0.6) is 0 Å². The van der Waals surface area contributed by atoms with Crippen molar-refractivity contribution in [2.75, 3.05) is 13.6 Å². The molecule has 0 aliphatic carbocycles. The van der Waals surface area contributed by atoms with Gasteiger partial charge in [-0.15, -0.1) is 0 Å². The molecule has 1 heterocycles. The summed E-state index contributed by atoms with van der Waals surface area (Å²) in [7, 11) is 1.94. The summed E-state index contributed by atoms with van der Waals surface area (Å²) in [6, 6.07) is 8.45. The van der Waals surface area contributed by atoms with Crippen LogP contribution in [0.2, 0.25) is 0 Å². The van der Waals surface area contributed by atoms with Gasteiger partial charge in [-0.2, -0.15) is 0 Å². The van der Waals surface area contributed by atoms with Crippen LogP contribution < -0.4 is 5.32 Å². The highest BCUT2D eigenvalue weighted by Gasteiger charge is 2.19. The van der Waals surface area contributed by atoms with E-state index >= 15 is 0 Å². The number of rotatable bonds is 4. The maximum Gasteiger partial charge on any atom is 0.222 e. The highest BCUT2D eigenvalue weighted by Crippen LogP contribution is 2.14. The van der Waals surface area contributed by atoms with E-state index in [1.54, 1.807) is 0 Å². The Balaban J connectivity index is 1.96. The minimum atomic E-state index is 0.291. The summed E-state index contributed by atoms with van der Waals surface area (Å²) in [6.07, 6.45) is 1.73. The summed E-state index contributed by atoms with van der Waals surface area (Å²) < 4.78 is 0. The van der Waals surface area contributed by atoms with Crippen LogP contribution in [0.3, 0.4) is 0 Å². The fourth-order valence-corrected chi connectivity index (χ4v) is 2.06. The number of hydrogen-bond donors (Lipinski definition) is 1. The van der Waals surface area contributed by atoms with Crippen LogP contribution >= 0.6 is 0 Å². The number of carbonyl (C=O) groups is 1. The maximum absolute atomic E-state index is 11.5. The average Bonchev–Trinajstić information content (AvgIpc) is 2.68. The first-order valence-electron chi connectivity index (χ1n) is 5.80. The minimum absolute atomic E-state index is 0.291. The molecule has 0 bridgehead atoms. The van der Waals surface area contributed by atoms with Crippen LogP contribution in [0, 0.1) is 0 Å². The van der Waals surface area contributed by atoms with Gasteiger partial charge in [-0.3, -0.25) is 4.79 Å². The minimum Gasteiger partial charge on any atom is -0.338 e. The molecule has 0 atom stereocenters. The lowest BCUT2D eigenvalue weighted by molar-refractivity contribution is -0.128. The third-order valence-corrected chi connectivity index (χ3v) is 2.95. The summed E-state index contributed by atoms with van der Waals surface area (Å²) in [4.78, 5) is 13.4. The Morgan fingerprint density at radius 1 is 1.25 bits per heavy atom. The Hall–Kier alpha value is -1.35. The number of nitrogens with one attached hydrogen (secondary N) is 1. The van der Waals surface area contributed by atoms with Gasteiger partial charge in [0.1, 0.15) is 0 Å². The summed E-state index contributed by atoms with van der Waals surface area (Å²) in [5.41, 5.74) is 2.49. The van der Waals surface area contributed by atoms with E-state index in [2.05, 4.69) is 29.6 Å². The number of likely N-dealkylation sites (tertiary alicyclic amines) is 1. The lowest BCUT2D eigenvalue weighted by atomic mass is 10.1. The van der Waals surface area contributed by atoms with Gasteiger partial charge in [0.2, 0.25) is 5.91 Å². The molecule has 3 heteroatoms. The van der Waals surface area contributed by atoms with Crippen molar-refractivity contribution >= 4 is 5.91 Å². The van der Waals surface area contributed by atoms with Crippen molar-refractivity contribution < 1.29 is 4.79 Å². The predicted molar refractivity (Wildman–Crippen MR) is 63.9 cm³/mol. The van der Waals surface area contributed by atoms with Gasteiger partial charge in [-0.25, -0.2) is 0 Å². The highest BCUT2D eigenvalue weighted by atomic mass is 16.2. The summed E-state index contributed by atoms with van der Waals surface area (Å²) in [6.45, 7) is 2.57. The van der Waals surface area contributed by atoms with E-state index in [1.807, 2.05) is 11.9 Å². The van der Waals surface area contributed by atoms with E-state index in [9.17, 15) is 4.79 Å². The second kappa shape index (κ2) is 5.12. The van der Waals surface area contributed by atoms with Gasteiger partial charge in [-0.05, 0) is 24.6 Å². The topological polar surface area (TPSA) is 32.3 Å². The van der Waals surface area contributed by atoms with Crippen molar-refractivity contribution in [3.8, 4) is 0 Å². The Labute approximate surface area is 96.5 Å². The molecular formula is C13H18N2O. The molecule has 1 saturated heterocycles. The molecule has 1 aliphatic heterocycles. The third kappa shape index (κ3) is 2.61. The Kier molecular flexibility index (Phi) is 3.57. The van der Waals surface area contributed by atoms with Crippen LogP contribution in [0.4, 0.5) is 0 Å². The Bertz CT molecular complexity index is 359. The standard InChI is InChI=1S/C13H18N2O/c1-14-9-11-4-6-12(7-5-11)10-15-8-2-3-13(15)16/h4-7,14H,2-3,8-10H2,1H3. The van der Waals surface area contributed by atoms with Crippen molar-refractivity contribution in [1.29, 1.82) is 0 Å². The molecule has 0 saturated carbocycles. The largest absolute Gasteiger partial charge is 0.338 e. The second-order valence-corrected chi connectivity index (χ2v) is 4.27. The zero-order valence-corrected chi connectivity index (χ0v) is 9.70. The lowest BCUT2D eigenvalue weighted by Gasteiger charge is -2.15. The fourth-order valence-electron chi connectivity index (χ4n) is 2.06. The number of benzene rings is 1. The van der Waals surface area contributed by atoms with Crippen molar-refractivity contribution in [2.45, 2.75) is 25.9 Å². The summed E-state index contributed by atoms with van der Waals surface area (Å²) in [5.74, 6) is 0.291. The molecule has 16 heavy (non-hydrogen) atoms. The van der Waals surface area contributed by atoms with Crippen LogP contribution in [-0.4, -0.2) is 24.4 Å². The fraction of sp³-hybridized carbons (Fsp3) is 0.462. The molecule has 1 aromatic carbocycles. The van der Waals surface area contributed by atoms with Gasteiger partial charge in [0.25, 0.3) is 0 Å². The van der Waals surface area contributed by atoms with Crippen LogP contribution in [0.1, 0.15) is 24.0 Å². The van der Waals surface area contributed by atoms with Crippen molar-refractivity contribution in [1.82, 2.24) is 10.2 Å². The first-order valence-corrected chi connectivity index (χ1v) is 5.80. The van der Waals surface area contributed by atoms with Gasteiger partial charge in [0.05, 0.1) is 0 Å². The SMILES string of the molecule is CNCc1ccc(CN2CCCC2=O)cc1. The lowest BCUT2D eigenvalue weighted by Crippen LogP contribution is -2.23. The summed E-state index contributed by atoms with van der Waals surface area (Å²) >= 11 is 0. The molecule has 1 fully saturated rings. The van der Waals surface area contributed by atoms with E-state index in [0.717, 1.165) is 32.5 Å². The molecule has 1 N–H and O–H groups in total. The number of hydrogen-bond acceptors (Lipinski definition) is 2. The Morgan fingerprint density at radius 2 is 1.94 bits per heavy atom. The van der Waals surface area contributed by atoms with Gasteiger partial charge < -0.3 is 10.2 Å². The first-order chi connectivity index (χ1) is 7.79. The highest BCUT2D eigenvalue weighted by molar-refractivity contribution is 5.78. The summed E-state index contributed by atoms with van der Waals surface area (Å²) in [5, 5.41) is 3.12. The van der Waals surface area contributed by atoms with Gasteiger partial charge in [0.15, 0.2) is 0 Å². The molecule has 3 nitrogen and oxygen atoms in total. The van der Waals surface area contributed by atoms with Crippen LogP contribution in [0.15, 0.2) is 24.3 Å². The van der Waals surface area contributed by atoms with Crippen molar-refractivity contribution in [2.24, 2.45) is 0 Å². The molecule has 0 unspecified atom stereocenters. The van der Waals surface area contributed by atoms with Crippen molar-refractivity contribution in [3.05, 3.63) is 35.4 Å². The van der Waals surface area contributed by atoms with E-state index in [4.69, 9.17) is 0 Å².